The fourth-order valence-corrected chi connectivity index (χ4v) is 3.86. The summed E-state index contributed by atoms with van der Waals surface area (Å²) in [6, 6.07) is 4.80. The second kappa shape index (κ2) is 15.8. The van der Waals surface area contributed by atoms with Crippen LogP contribution < -0.4 is 27.4 Å². The van der Waals surface area contributed by atoms with E-state index in [9.17, 15) is 29.1 Å². The summed E-state index contributed by atoms with van der Waals surface area (Å²) >= 11 is 1.44. The molecule has 4 unspecified atom stereocenters. The van der Waals surface area contributed by atoms with E-state index >= 15 is 0 Å². The Morgan fingerprint density at radius 2 is 1.47 bits per heavy atom. The van der Waals surface area contributed by atoms with E-state index in [1.54, 1.807) is 0 Å². The van der Waals surface area contributed by atoms with Crippen molar-refractivity contribution in [3.05, 3.63) is 35.9 Å². The molecule has 0 aliphatic carbocycles. The van der Waals surface area contributed by atoms with Gasteiger partial charge in [-0.2, -0.15) is 11.8 Å². The first-order valence-electron chi connectivity index (χ1n) is 11.6. The number of hydrogen-bond acceptors (Lipinski definition) is 7. The third-order valence-corrected chi connectivity index (χ3v) is 5.88. The topological polar surface area (TPSA) is 194 Å². The van der Waals surface area contributed by atoms with Gasteiger partial charge in [0.25, 0.3) is 0 Å². The van der Waals surface area contributed by atoms with E-state index in [1.165, 1.54) is 11.8 Å². The van der Waals surface area contributed by atoms with Crippen LogP contribution in [0.3, 0.4) is 0 Å². The van der Waals surface area contributed by atoms with E-state index in [4.69, 9.17) is 11.5 Å². The Balaban J connectivity index is 2.94. The highest BCUT2D eigenvalue weighted by Crippen LogP contribution is 2.09. The van der Waals surface area contributed by atoms with Crippen LogP contribution in [0.4, 0.5) is 0 Å². The number of carboxylic acid groups (broad SMARTS) is 1. The van der Waals surface area contributed by atoms with Gasteiger partial charge in [0.05, 0.1) is 12.5 Å². The molecule has 0 saturated heterocycles. The smallest absolute Gasteiger partial charge is 0.326 e. The number of aliphatic carboxylic acids is 1. The van der Waals surface area contributed by atoms with E-state index in [2.05, 4.69) is 16.0 Å². The van der Waals surface area contributed by atoms with E-state index in [-0.39, 0.29) is 18.8 Å². The summed E-state index contributed by atoms with van der Waals surface area (Å²) in [6.45, 7) is 3.77. The van der Waals surface area contributed by atoms with Gasteiger partial charge >= 0.3 is 5.97 Å². The van der Waals surface area contributed by atoms with Crippen molar-refractivity contribution in [2.75, 3.05) is 12.0 Å². The van der Waals surface area contributed by atoms with E-state index in [0.29, 0.717) is 12.2 Å². The van der Waals surface area contributed by atoms with Crippen molar-refractivity contribution in [3.63, 3.8) is 0 Å². The zero-order valence-electron chi connectivity index (χ0n) is 20.9. The number of carbonyl (C=O) groups excluding carboxylic acids is 4. The van der Waals surface area contributed by atoms with Crippen LogP contribution in [0.1, 0.15) is 38.7 Å². The molecule has 11 nitrogen and oxygen atoms in total. The lowest BCUT2D eigenvalue weighted by atomic mass is 10.0. The maximum Gasteiger partial charge on any atom is 0.326 e. The molecular weight excluding hydrogens is 486 g/mol. The summed E-state index contributed by atoms with van der Waals surface area (Å²) < 4.78 is 0. The molecule has 0 aliphatic heterocycles. The van der Waals surface area contributed by atoms with Crippen LogP contribution in [0, 0.1) is 5.92 Å². The van der Waals surface area contributed by atoms with Gasteiger partial charge in [0.15, 0.2) is 0 Å². The second-order valence-corrected chi connectivity index (χ2v) is 9.89. The number of nitrogens with one attached hydrogen (secondary N) is 3. The van der Waals surface area contributed by atoms with Crippen molar-refractivity contribution in [1.82, 2.24) is 16.0 Å². The average Bonchev–Trinajstić information content (AvgIpc) is 2.80. The first-order chi connectivity index (χ1) is 16.9. The van der Waals surface area contributed by atoms with E-state index in [1.807, 2.05) is 50.4 Å². The summed E-state index contributed by atoms with van der Waals surface area (Å²) in [6.07, 6.45) is 2.02. The Labute approximate surface area is 215 Å². The highest BCUT2D eigenvalue weighted by atomic mass is 32.2. The zero-order chi connectivity index (χ0) is 27.3. The summed E-state index contributed by atoms with van der Waals surface area (Å²) in [4.78, 5) is 61.2. The lowest BCUT2D eigenvalue weighted by molar-refractivity contribution is -0.143. The van der Waals surface area contributed by atoms with Crippen molar-refractivity contribution in [2.24, 2.45) is 17.4 Å². The number of nitrogens with two attached hydrogens (primary N) is 2. The molecule has 1 aromatic carbocycles. The van der Waals surface area contributed by atoms with Crippen molar-refractivity contribution in [1.29, 1.82) is 0 Å². The summed E-state index contributed by atoms with van der Waals surface area (Å²) in [7, 11) is 0. The van der Waals surface area contributed by atoms with Crippen LogP contribution >= 0.6 is 11.8 Å². The van der Waals surface area contributed by atoms with Gasteiger partial charge in [-0.15, -0.1) is 0 Å². The van der Waals surface area contributed by atoms with Gasteiger partial charge in [-0.05, 0) is 42.8 Å². The van der Waals surface area contributed by atoms with Crippen LogP contribution in [0.15, 0.2) is 30.3 Å². The standard InChI is InChI=1S/C24H37N5O6S/c1-14(2)11-18(28-21(31)16(25)12-15-7-5-4-6-8-15)23(33)27-17(9-10-36-3)22(32)29-19(24(34)35)13-20(26)30/h4-8,14,16-19H,9-13,25H2,1-3H3,(H2,26,30)(H,27,33)(H,28,31)(H,29,32)(H,34,35). The van der Waals surface area contributed by atoms with Gasteiger partial charge in [-0.1, -0.05) is 44.2 Å². The van der Waals surface area contributed by atoms with Gasteiger partial charge in [-0.3, -0.25) is 19.2 Å². The Kier molecular flexibility index (Phi) is 13.6. The number of hydrogen-bond donors (Lipinski definition) is 6. The molecule has 12 heteroatoms. The van der Waals surface area contributed by atoms with Gasteiger partial charge in [0.1, 0.15) is 18.1 Å². The summed E-state index contributed by atoms with van der Waals surface area (Å²) in [5, 5.41) is 16.8. The van der Waals surface area contributed by atoms with Crippen LogP contribution in [0.2, 0.25) is 0 Å². The maximum absolute atomic E-state index is 13.1. The Morgan fingerprint density at radius 1 is 0.917 bits per heavy atom. The third kappa shape index (κ3) is 11.5. The lowest BCUT2D eigenvalue weighted by Crippen LogP contribution is -2.57. The van der Waals surface area contributed by atoms with Gasteiger partial charge in [0, 0.05) is 0 Å². The fourth-order valence-electron chi connectivity index (χ4n) is 3.39. The molecular formula is C24H37N5O6S. The summed E-state index contributed by atoms with van der Waals surface area (Å²) in [5.41, 5.74) is 12.0. The lowest BCUT2D eigenvalue weighted by Gasteiger charge is -2.26. The predicted molar refractivity (Wildman–Crippen MR) is 138 cm³/mol. The molecule has 0 bridgehead atoms. The molecule has 1 rings (SSSR count). The molecule has 0 radical (unpaired) electrons. The largest absolute Gasteiger partial charge is 0.480 e. The molecule has 4 atom stereocenters. The molecule has 8 N–H and O–H groups in total. The molecule has 36 heavy (non-hydrogen) atoms. The van der Waals surface area contributed by atoms with Crippen LogP contribution in [0.5, 0.6) is 0 Å². The number of carbonyl (C=O) groups is 5. The SMILES string of the molecule is CSCCC(NC(=O)C(CC(C)C)NC(=O)C(N)Cc1ccccc1)C(=O)NC(CC(N)=O)C(=O)O. The number of amides is 4. The Bertz CT molecular complexity index is 898. The molecule has 1 aromatic rings. The molecule has 0 saturated carbocycles. The molecule has 0 aliphatic rings. The first-order valence-corrected chi connectivity index (χ1v) is 13.0. The molecule has 0 fully saturated rings. The molecule has 0 spiro atoms. The molecule has 0 aromatic heterocycles. The van der Waals surface area contributed by atoms with E-state index < -0.39 is 60.2 Å². The molecule has 0 heterocycles. The minimum atomic E-state index is -1.52. The van der Waals surface area contributed by atoms with Crippen LogP contribution in [-0.4, -0.2) is 70.9 Å². The Hall–Kier alpha value is -3.12. The minimum absolute atomic E-state index is 0.0387. The predicted octanol–water partition coefficient (Wildman–Crippen LogP) is -0.230. The van der Waals surface area contributed by atoms with Gasteiger partial charge < -0.3 is 32.5 Å². The maximum atomic E-state index is 13.1. The average molecular weight is 524 g/mol. The highest BCUT2D eigenvalue weighted by Gasteiger charge is 2.31. The van der Waals surface area contributed by atoms with Crippen molar-refractivity contribution in [2.45, 2.75) is 63.7 Å². The minimum Gasteiger partial charge on any atom is -0.480 e. The van der Waals surface area contributed by atoms with Crippen molar-refractivity contribution >= 4 is 41.4 Å². The van der Waals surface area contributed by atoms with Crippen LogP contribution in [0.25, 0.3) is 0 Å². The number of rotatable bonds is 16. The number of primary amides is 1. The van der Waals surface area contributed by atoms with E-state index in [0.717, 1.165) is 5.56 Å². The Morgan fingerprint density at radius 3 is 2.00 bits per heavy atom. The number of carboxylic acids is 1. The van der Waals surface area contributed by atoms with Gasteiger partial charge in [0.2, 0.25) is 23.6 Å². The number of benzene rings is 1. The van der Waals surface area contributed by atoms with Crippen LogP contribution in [-0.2, 0) is 30.4 Å². The fraction of sp³-hybridized carbons (Fsp3) is 0.542. The second-order valence-electron chi connectivity index (χ2n) is 8.90. The first kappa shape index (κ1) is 30.9. The highest BCUT2D eigenvalue weighted by molar-refractivity contribution is 7.98. The monoisotopic (exact) mass is 523 g/mol. The quantitative estimate of drug-likeness (QED) is 0.171. The molecule has 4 amide bonds. The normalized spacial score (nSPS) is 14.2. The molecule has 200 valence electrons. The van der Waals surface area contributed by atoms with Crippen molar-refractivity contribution in [3.8, 4) is 0 Å². The summed E-state index contributed by atoms with van der Waals surface area (Å²) in [5.74, 6) is -3.63. The third-order valence-electron chi connectivity index (χ3n) is 5.24. The zero-order valence-corrected chi connectivity index (χ0v) is 21.7. The number of thioether (sulfide) groups is 1. The van der Waals surface area contributed by atoms with Gasteiger partial charge in [-0.25, -0.2) is 4.79 Å². The van der Waals surface area contributed by atoms with Crippen molar-refractivity contribution < 1.29 is 29.1 Å².